The molecular formula is C15H17N5O2. The Morgan fingerprint density at radius 2 is 2.14 bits per heavy atom. The molecule has 0 bridgehead atoms. The number of ether oxygens (including phenoxy) is 1. The Hall–Kier alpha value is -2.28. The summed E-state index contributed by atoms with van der Waals surface area (Å²) in [5.74, 6) is 1.28. The van der Waals surface area contributed by atoms with E-state index in [0.717, 1.165) is 24.4 Å². The lowest BCUT2D eigenvalue weighted by molar-refractivity contribution is -0.00396. The van der Waals surface area contributed by atoms with Gasteiger partial charge in [0.15, 0.2) is 0 Å². The fourth-order valence-electron chi connectivity index (χ4n) is 2.72. The van der Waals surface area contributed by atoms with Crippen molar-refractivity contribution >= 4 is 5.91 Å². The largest absolute Gasteiger partial charge is 0.377 e. The molecule has 2 aromatic heterocycles. The molecule has 0 aromatic carbocycles. The van der Waals surface area contributed by atoms with Crippen LogP contribution in [0.2, 0.25) is 0 Å². The molecule has 1 saturated carbocycles. The van der Waals surface area contributed by atoms with Crippen LogP contribution in [0.1, 0.15) is 46.7 Å². The lowest BCUT2D eigenvalue weighted by Gasteiger charge is -2.34. The zero-order valence-corrected chi connectivity index (χ0v) is 12.1. The highest BCUT2D eigenvalue weighted by molar-refractivity contribution is 5.94. The van der Waals surface area contributed by atoms with Crippen molar-refractivity contribution in [2.75, 3.05) is 19.8 Å². The Labute approximate surface area is 127 Å². The summed E-state index contributed by atoms with van der Waals surface area (Å²) in [6, 6.07) is 1.72. The van der Waals surface area contributed by atoms with Crippen molar-refractivity contribution in [2.24, 2.45) is 0 Å². The molecule has 7 heteroatoms. The first-order valence-corrected chi connectivity index (χ1v) is 7.53. The summed E-state index contributed by atoms with van der Waals surface area (Å²) in [5, 5.41) is 6.88. The maximum absolute atomic E-state index is 12.8. The molecule has 22 heavy (non-hydrogen) atoms. The zero-order chi connectivity index (χ0) is 14.9. The van der Waals surface area contributed by atoms with Crippen molar-refractivity contribution in [3.63, 3.8) is 0 Å². The van der Waals surface area contributed by atoms with E-state index in [1.807, 2.05) is 6.07 Å². The molecule has 4 rings (SSSR count). The number of hydrogen-bond acceptors (Lipinski definition) is 5. The zero-order valence-electron chi connectivity index (χ0n) is 12.1. The van der Waals surface area contributed by atoms with E-state index in [4.69, 9.17) is 4.74 Å². The summed E-state index contributed by atoms with van der Waals surface area (Å²) < 4.78 is 5.51. The maximum Gasteiger partial charge on any atom is 0.257 e. The Bertz CT molecular complexity index is 651. The van der Waals surface area contributed by atoms with E-state index < -0.39 is 0 Å². The van der Waals surface area contributed by atoms with E-state index in [9.17, 15) is 4.79 Å². The lowest BCUT2D eigenvalue weighted by Crippen LogP contribution is -2.43. The first kappa shape index (κ1) is 13.4. The molecule has 1 N–H and O–H groups in total. The predicted octanol–water partition coefficient (Wildman–Crippen LogP) is 1.29. The Morgan fingerprint density at radius 1 is 1.32 bits per heavy atom. The molecule has 0 radical (unpaired) electrons. The number of aromatic nitrogens is 4. The molecule has 7 nitrogen and oxygen atoms in total. The minimum Gasteiger partial charge on any atom is -0.377 e. The van der Waals surface area contributed by atoms with Gasteiger partial charge in [-0.25, -0.2) is 9.97 Å². The second-order valence-electron chi connectivity index (χ2n) is 5.71. The van der Waals surface area contributed by atoms with Crippen molar-refractivity contribution < 1.29 is 9.53 Å². The average molecular weight is 299 g/mol. The Balaban J connectivity index is 1.56. The van der Waals surface area contributed by atoms with E-state index in [0.29, 0.717) is 31.2 Å². The third-order valence-electron chi connectivity index (χ3n) is 4.13. The molecule has 2 fully saturated rings. The van der Waals surface area contributed by atoms with Crippen molar-refractivity contribution in [1.82, 2.24) is 25.1 Å². The lowest BCUT2D eigenvalue weighted by atomic mass is 10.1. The second kappa shape index (κ2) is 5.49. The van der Waals surface area contributed by atoms with E-state index >= 15 is 0 Å². The van der Waals surface area contributed by atoms with E-state index in [-0.39, 0.29) is 11.9 Å². The molecule has 1 saturated heterocycles. The van der Waals surface area contributed by atoms with E-state index in [2.05, 4.69) is 20.2 Å². The van der Waals surface area contributed by atoms with Gasteiger partial charge in [-0.1, -0.05) is 0 Å². The number of nitrogens with zero attached hydrogens (tertiary/aromatic N) is 4. The molecule has 1 atom stereocenters. The standard InChI is InChI=1S/C15H17N5O2/c21-15(11-7-16-14(17-8-11)10-1-2-10)20-5-6-22-9-13(20)12-3-4-18-19-12/h3-4,7-8,10,13H,1-2,5-6,9H2,(H,18,19)/t13-/m0/s1. The highest BCUT2D eigenvalue weighted by Crippen LogP contribution is 2.37. The molecule has 0 spiro atoms. The Kier molecular flexibility index (Phi) is 3.34. The van der Waals surface area contributed by atoms with Gasteiger partial charge in [-0.15, -0.1) is 0 Å². The predicted molar refractivity (Wildman–Crippen MR) is 77.2 cm³/mol. The molecule has 2 aliphatic rings. The summed E-state index contributed by atoms with van der Waals surface area (Å²) >= 11 is 0. The quantitative estimate of drug-likeness (QED) is 0.923. The summed E-state index contributed by atoms with van der Waals surface area (Å²) in [5.41, 5.74) is 1.40. The summed E-state index contributed by atoms with van der Waals surface area (Å²) in [6.45, 7) is 1.55. The van der Waals surface area contributed by atoms with Gasteiger partial charge in [0.2, 0.25) is 0 Å². The summed E-state index contributed by atoms with van der Waals surface area (Å²) in [7, 11) is 0. The van der Waals surface area contributed by atoms with Gasteiger partial charge >= 0.3 is 0 Å². The molecule has 0 unspecified atom stereocenters. The minimum atomic E-state index is -0.146. The second-order valence-corrected chi connectivity index (χ2v) is 5.71. The molecule has 1 aliphatic heterocycles. The number of amides is 1. The van der Waals surface area contributed by atoms with E-state index in [1.165, 1.54) is 0 Å². The fraction of sp³-hybridized carbons (Fsp3) is 0.467. The maximum atomic E-state index is 12.8. The van der Waals surface area contributed by atoms with Crippen LogP contribution in [0.3, 0.4) is 0 Å². The normalized spacial score (nSPS) is 21.8. The topological polar surface area (TPSA) is 84.0 Å². The van der Waals surface area contributed by atoms with Gasteiger partial charge in [0, 0.05) is 31.1 Å². The number of morpholine rings is 1. The first-order valence-electron chi connectivity index (χ1n) is 7.53. The van der Waals surface area contributed by atoms with Gasteiger partial charge in [0.1, 0.15) is 5.82 Å². The van der Waals surface area contributed by atoms with Crippen LogP contribution in [0.5, 0.6) is 0 Å². The van der Waals surface area contributed by atoms with Gasteiger partial charge in [-0.3, -0.25) is 9.89 Å². The Morgan fingerprint density at radius 3 is 2.82 bits per heavy atom. The molecule has 1 amide bonds. The number of carbonyl (C=O) groups is 1. The molecule has 2 aromatic rings. The summed E-state index contributed by atoms with van der Waals surface area (Å²) in [4.78, 5) is 23.2. The SMILES string of the molecule is O=C(c1cnc(C2CC2)nc1)N1CCOC[C@H]1c1ccn[nH]1. The van der Waals surface area contributed by atoms with Crippen molar-refractivity contribution in [1.29, 1.82) is 0 Å². The van der Waals surface area contributed by atoms with Crippen LogP contribution in [0.4, 0.5) is 0 Å². The van der Waals surface area contributed by atoms with Gasteiger partial charge in [-0.2, -0.15) is 5.10 Å². The number of aromatic amines is 1. The van der Waals surface area contributed by atoms with E-state index in [1.54, 1.807) is 23.5 Å². The summed E-state index contributed by atoms with van der Waals surface area (Å²) in [6.07, 6.45) is 7.27. The van der Waals surface area contributed by atoms with Gasteiger partial charge in [0.05, 0.1) is 30.5 Å². The van der Waals surface area contributed by atoms with Gasteiger partial charge < -0.3 is 9.64 Å². The smallest absolute Gasteiger partial charge is 0.257 e. The van der Waals surface area contributed by atoms with Crippen molar-refractivity contribution in [2.45, 2.75) is 24.8 Å². The molecular weight excluding hydrogens is 282 g/mol. The first-order chi connectivity index (χ1) is 10.8. The van der Waals surface area contributed by atoms with Crippen LogP contribution in [0.15, 0.2) is 24.7 Å². The number of nitrogens with one attached hydrogen (secondary N) is 1. The van der Waals surface area contributed by atoms with Gasteiger partial charge in [0.25, 0.3) is 5.91 Å². The van der Waals surface area contributed by atoms with Gasteiger partial charge in [-0.05, 0) is 18.9 Å². The number of rotatable bonds is 3. The van der Waals surface area contributed by atoms with Crippen LogP contribution in [0.25, 0.3) is 0 Å². The molecule has 114 valence electrons. The number of H-pyrrole nitrogens is 1. The highest BCUT2D eigenvalue weighted by atomic mass is 16.5. The third-order valence-corrected chi connectivity index (χ3v) is 4.13. The number of hydrogen-bond donors (Lipinski definition) is 1. The molecule has 3 heterocycles. The van der Waals surface area contributed by atoms with Crippen LogP contribution >= 0.6 is 0 Å². The number of carbonyl (C=O) groups excluding carboxylic acids is 1. The molecule has 1 aliphatic carbocycles. The van der Waals surface area contributed by atoms with Crippen LogP contribution < -0.4 is 0 Å². The third kappa shape index (κ3) is 2.48. The van der Waals surface area contributed by atoms with Crippen molar-refractivity contribution in [3.8, 4) is 0 Å². The monoisotopic (exact) mass is 299 g/mol. The average Bonchev–Trinajstić information content (AvgIpc) is 3.29. The van der Waals surface area contributed by atoms with Crippen LogP contribution in [-0.2, 0) is 4.74 Å². The highest BCUT2D eigenvalue weighted by Gasteiger charge is 2.31. The van der Waals surface area contributed by atoms with Crippen molar-refractivity contribution in [3.05, 3.63) is 41.7 Å². The minimum absolute atomic E-state index is 0.0646. The van der Waals surface area contributed by atoms with Crippen LogP contribution in [0, 0.1) is 0 Å². The van der Waals surface area contributed by atoms with Crippen LogP contribution in [-0.4, -0.2) is 50.7 Å². The fourth-order valence-corrected chi connectivity index (χ4v) is 2.72.